The van der Waals surface area contributed by atoms with Crippen LogP contribution in [0.25, 0.3) is 33.1 Å². The van der Waals surface area contributed by atoms with E-state index in [0.717, 1.165) is 47.2 Å². The van der Waals surface area contributed by atoms with Crippen LogP contribution in [-0.2, 0) is 0 Å². The number of pyridine rings is 3. The number of nitrogens with zero attached hydrogens (tertiary/aromatic N) is 3. The molecule has 32 heavy (non-hydrogen) atoms. The van der Waals surface area contributed by atoms with Crippen LogP contribution in [0, 0.1) is 11.8 Å². The van der Waals surface area contributed by atoms with Crippen LogP contribution in [0.1, 0.15) is 29.8 Å². The number of nitrogens with two attached hydrogens (primary N) is 1. The monoisotopic (exact) mass is 425 g/mol. The topological polar surface area (TPSA) is 105 Å². The predicted molar refractivity (Wildman–Crippen MR) is 125 cm³/mol. The fourth-order valence-electron chi connectivity index (χ4n) is 5.48. The Morgan fingerprint density at radius 3 is 2.66 bits per heavy atom. The fraction of sp³-hybridized carbons (Fsp3) is 0.280. The van der Waals surface area contributed by atoms with Crippen molar-refractivity contribution in [3.8, 4) is 11.3 Å². The largest absolute Gasteiger partial charge is 0.364 e. The number of anilines is 1. The van der Waals surface area contributed by atoms with Gasteiger partial charge in [-0.2, -0.15) is 0 Å². The summed E-state index contributed by atoms with van der Waals surface area (Å²) in [5.74, 6) is 1.62. The van der Waals surface area contributed by atoms with Crippen molar-refractivity contribution in [1.82, 2.24) is 15.0 Å². The van der Waals surface area contributed by atoms with Gasteiger partial charge in [-0.1, -0.05) is 24.6 Å². The first kappa shape index (κ1) is 19.0. The van der Waals surface area contributed by atoms with Crippen LogP contribution in [0.15, 0.2) is 53.5 Å². The molecule has 1 saturated carbocycles. The number of fused-ring (bicyclic) bond motifs is 3. The molecule has 7 heteroatoms. The molecule has 3 N–H and O–H groups in total. The van der Waals surface area contributed by atoms with E-state index in [1.807, 2.05) is 24.3 Å². The standard InChI is InChI=1S/C25H23N5O2/c26-24(32)23-22-19(8-9-27-23)28-20(11-21(22)31)17-10-14-4-1-2-7-18(14)29-25(17)30-12-15-5-3-6-16(15)13-30/h1-2,4,7-11,15-16H,3,5-6,12-13H2,(H2,26,32)(H,28,31). The number of hydrogen-bond acceptors (Lipinski definition) is 5. The van der Waals surface area contributed by atoms with Crippen LogP contribution in [0.3, 0.4) is 0 Å². The Hall–Kier alpha value is -3.74. The lowest BCUT2D eigenvalue weighted by molar-refractivity contribution is 0.0997. The molecule has 0 spiro atoms. The third-order valence-corrected chi connectivity index (χ3v) is 7.00. The summed E-state index contributed by atoms with van der Waals surface area (Å²) in [7, 11) is 0. The normalized spacial score (nSPS) is 20.2. The molecule has 7 nitrogen and oxygen atoms in total. The average molecular weight is 425 g/mol. The van der Waals surface area contributed by atoms with Crippen molar-refractivity contribution in [3.05, 3.63) is 64.6 Å². The lowest BCUT2D eigenvalue weighted by Crippen LogP contribution is -2.23. The van der Waals surface area contributed by atoms with Crippen LogP contribution in [-0.4, -0.2) is 33.9 Å². The van der Waals surface area contributed by atoms with Crippen LogP contribution in [0.4, 0.5) is 5.82 Å². The summed E-state index contributed by atoms with van der Waals surface area (Å²) in [5.41, 5.74) is 8.18. The molecule has 1 aromatic carbocycles. The maximum atomic E-state index is 13.1. The van der Waals surface area contributed by atoms with Crippen LogP contribution < -0.4 is 16.1 Å². The van der Waals surface area contributed by atoms with Gasteiger partial charge in [0, 0.05) is 36.3 Å². The van der Waals surface area contributed by atoms with Crippen LogP contribution in [0.2, 0.25) is 0 Å². The summed E-state index contributed by atoms with van der Waals surface area (Å²) >= 11 is 0. The van der Waals surface area contributed by atoms with Gasteiger partial charge in [0.05, 0.1) is 22.1 Å². The van der Waals surface area contributed by atoms with Gasteiger partial charge in [-0.15, -0.1) is 0 Å². The summed E-state index contributed by atoms with van der Waals surface area (Å²) in [6.07, 6.45) is 5.36. The Morgan fingerprint density at radius 1 is 1.09 bits per heavy atom. The molecule has 2 atom stereocenters. The number of hydrogen-bond donors (Lipinski definition) is 2. The summed E-state index contributed by atoms with van der Waals surface area (Å²) in [4.78, 5) is 39.6. The van der Waals surface area contributed by atoms with E-state index < -0.39 is 5.91 Å². The summed E-state index contributed by atoms with van der Waals surface area (Å²) in [6, 6.07) is 13.4. The summed E-state index contributed by atoms with van der Waals surface area (Å²) < 4.78 is 0. The average Bonchev–Trinajstić information content (AvgIpc) is 3.40. The number of amides is 1. The van der Waals surface area contributed by atoms with Gasteiger partial charge in [0.2, 0.25) is 0 Å². The first-order valence-electron chi connectivity index (χ1n) is 11.1. The lowest BCUT2D eigenvalue weighted by atomic mass is 10.0. The van der Waals surface area contributed by atoms with Crippen molar-refractivity contribution >= 4 is 33.5 Å². The maximum Gasteiger partial charge on any atom is 0.268 e. The van der Waals surface area contributed by atoms with E-state index in [2.05, 4.69) is 20.9 Å². The molecule has 0 bridgehead atoms. The fourth-order valence-corrected chi connectivity index (χ4v) is 5.48. The molecule has 160 valence electrons. The number of primary amides is 1. The summed E-state index contributed by atoms with van der Waals surface area (Å²) in [6.45, 7) is 1.99. The van der Waals surface area contributed by atoms with Crippen molar-refractivity contribution in [2.24, 2.45) is 17.6 Å². The Balaban J connectivity index is 1.56. The van der Waals surface area contributed by atoms with Crippen molar-refractivity contribution in [1.29, 1.82) is 0 Å². The zero-order valence-corrected chi connectivity index (χ0v) is 17.5. The molecule has 0 radical (unpaired) electrons. The van der Waals surface area contributed by atoms with Gasteiger partial charge in [0.15, 0.2) is 5.43 Å². The minimum Gasteiger partial charge on any atom is -0.364 e. The minimum atomic E-state index is -0.717. The molecule has 1 aliphatic heterocycles. The van der Waals surface area contributed by atoms with Crippen molar-refractivity contribution in [3.63, 3.8) is 0 Å². The van der Waals surface area contributed by atoms with E-state index in [1.54, 1.807) is 6.07 Å². The number of H-pyrrole nitrogens is 1. The number of aromatic nitrogens is 3. The number of para-hydroxylation sites is 1. The van der Waals surface area contributed by atoms with Gasteiger partial charge in [-0.05, 0) is 42.9 Å². The predicted octanol–water partition coefficient (Wildman–Crippen LogP) is 3.47. The van der Waals surface area contributed by atoms with E-state index in [0.29, 0.717) is 11.2 Å². The Labute approximate surface area is 184 Å². The highest BCUT2D eigenvalue weighted by Crippen LogP contribution is 2.42. The van der Waals surface area contributed by atoms with E-state index >= 15 is 0 Å². The second kappa shape index (κ2) is 7.15. The Kier molecular flexibility index (Phi) is 4.24. The zero-order valence-electron chi connectivity index (χ0n) is 17.5. The van der Waals surface area contributed by atoms with Gasteiger partial charge >= 0.3 is 0 Å². The van der Waals surface area contributed by atoms with Gasteiger partial charge in [-0.3, -0.25) is 14.6 Å². The van der Waals surface area contributed by atoms with E-state index in [4.69, 9.17) is 10.7 Å². The van der Waals surface area contributed by atoms with Gasteiger partial charge < -0.3 is 15.6 Å². The smallest absolute Gasteiger partial charge is 0.268 e. The minimum absolute atomic E-state index is 0.0143. The highest BCUT2D eigenvalue weighted by molar-refractivity contribution is 6.04. The van der Waals surface area contributed by atoms with Gasteiger partial charge in [-0.25, -0.2) is 4.98 Å². The third kappa shape index (κ3) is 2.96. The van der Waals surface area contributed by atoms with E-state index in [1.165, 1.54) is 31.5 Å². The molecule has 2 unspecified atom stereocenters. The number of nitrogens with one attached hydrogen (secondary N) is 1. The quantitative estimate of drug-likeness (QED) is 0.523. The highest BCUT2D eigenvalue weighted by atomic mass is 16.1. The Morgan fingerprint density at radius 2 is 1.88 bits per heavy atom. The molecule has 3 aromatic heterocycles. The number of benzene rings is 1. The molecule has 6 rings (SSSR count). The number of aromatic amines is 1. The van der Waals surface area contributed by atoms with Crippen LogP contribution >= 0.6 is 0 Å². The SMILES string of the molecule is NC(=O)c1nccc2[nH]c(-c3cc4ccccc4nc3N3CC4CCCC4C3)cc(=O)c12. The Bertz CT molecular complexity index is 1430. The van der Waals surface area contributed by atoms with Gasteiger partial charge in [0.25, 0.3) is 5.91 Å². The molecule has 2 aliphatic rings. The van der Waals surface area contributed by atoms with Crippen molar-refractivity contribution in [2.75, 3.05) is 18.0 Å². The first-order valence-corrected chi connectivity index (χ1v) is 11.1. The molecule has 1 aliphatic carbocycles. The molecule has 4 aromatic rings. The molecular weight excluding hydrogens is 402 g/mol. The van der Waals surface area contributed by atoms with Crippen LogP contribution in [0.5, 0.6) is 0 Å². The zero-order chi connectivity index (χ0) is 21.8. The highest BCUT2D eigenvalue weighted by Gasteiger charge is 2.37. The summed E-state index contributed by atoms with van der Waals surface area (Å²) in [5, 5.41) is 1.23. The van der Waals surface area contributed by atoms with E-state index in [9.17, 15) is 9.59 Å². The number of carbonyl (C=O) groups excluding carboxylic acids is 1. The third-order valence-electron chi connectivity index (χ3n) is 7.00. The lowest BCUT2D eigenvalue weighted by Gasteiger charge is -2.22. The molecule has 2 fully saturated rings. The molecular formula is C25H23N5O2. The second-order valence-corrected chi connectivity index (χ2v) is 8.90. The number of carbonyl (C=O) groups is 1. The van der Waals surface area contributed by atoms with Gasteiger partial charge in [0.1, 0.15) is 11.5 Å². The van der Waals surface area contributed by atoms with E-state index in [-0.39, 0.29) is 16.5 Å². The molecule has 1 amide bonds. The molecule has 4 heterocycles. The maximum absolute atomic E-state index is 13.1. The number of rotatable bonds is 3. The first-order chi connectivity index (χ1) is 15.6. The van der Waals surface area contributed by atoms with Crippen molar-refractivity contribution < 1.29 is 4.79 Å². The van der Waals surface area contributed by atoms with Crippen molar-refractivity contribution in [2.45, 2.75) is 19.3 Å². The molecule has 1 saturated heterocycles. The second-order valence-electron chi connectivity index (χ2n) is 8.90.